The number of benzene rings is 1. The van der Waals surface area contributed by atoms with Crippen LogP contribution in [0, 0.1) is 0 Å². The van der Waals surface area contributed by atoms with E-state index in [9.17, 15) is 9.59 Å². The van der Waals surface area contributed by atoms with E-state index in [0.29, 0.717) is 0 Å². The quantitative estimate of drug-likeness (QED) is 0.719. The Bertz CT molecular complexity index is 442. The fourth-order valence-electron chi connectivity index (χ4n) is 1.52. The smallest absolute Gasteiger partial charge is 0.305 e. The third-order valence-electron chi connectivity index (χ3n) is 2.50. The molecule has 1 aromatic rings. The topological polar surface area (TPSA) is 77.8 Å². The molecule has 0 fully saturated rings. The normalized spacial score (nSPS) is 10.6. The molecule has 0 saturated heterocycles. The standard InChI is InChI=1S/C14H17NO4/c16-11-10-15(9-8-14(18)19)13(17)7-6-12-4-2-1-3-5-12/h1-7,16H,8-11H2,(H,18,19)/b7-6+. The molecule has 0 aliphatic carbocycles. The van der Waals surface area contributed by atoms with Gasteiger partial charge in [0.25, 0.3) is 0 Å². The van der Waals surface area contributed by atoms with E-state index >= 15 is 0 Å². The summed E-state index contributed by atoms with van der Waals surface area (Å²) in [7, 11) is 0. The van der Waals surface area contributed by atoms with Gasteiger partial charge in [-0.2, -0.15) is 0 Å². The van der Waals surface area contributed by atoms with Gasteiger partial charge in [-0.15, -0.1) is 0 Å². The van der Waals surface area contributed by atoms with Gasteiger partial charge < -0.3 is 15.1 Å². The third kappa shape index (κ3) is 5.83. The average molecular weight is 263 g/mol. The maximum absolute atomic E-state index is 11.9. The predicted molar refractivity (Wildman–Crippen MR) is 71.4 cm³/mol. The van der Waals surface area contributed by atoms with Gasteiger partial charge in [-0.05, 0) is 11.6 Å². The minimum Gasteiger partial charge on any atom is -0.481 e. The second-order valence-corrected chi connectivity index (χ2v) is 3.94. The van der Waals surface area contributed by atoms with Crippen molar-refractivity contribution in [3.8, 4) is 0 Å². The van der Waals surface area contributed by atoms with Gasteiger partial charge in [0.1, 0.15) is 0 Å². The van der Waals surface area contributed by atoms with Crippen molar-refractivity contribution >= 4 is 18.0 Å². The summed E-state index contributed by atoms with van der Waals surface area (Å²) in [6.45, 7) is 0.0314. The molecule has 0 bridgehead atoms. The monoisotopic (exact) mass is 263 g/mol. The number of carbonyl (C=O) groups is 2. The Labute approximate surface area is 111 Å². The van der Waals surface area contributed by atoms with Gasteiger partial charge in [0, 0.05) is 19.2 Å². The van der Waals surface area contributed by atoms with Crippen LogP contribution in [0.2, 0.25) is 0 Å². The number of rotatable bonds is 7. The first-order chi connectivity index (χ1) is 9.13. The Hall–Kier alpha value is -2.14. The van der Waals surface area contributed by atoms with Crippen molar-refractivity contribution < 1.29 is 19.8 Å². The van der Waals surface area contributed by atoms with Crippen molar-refractivity contribution in [2.75, 3.05) is 19.7 Å². The number of amides is 1. The molecule has 2 N–H and O–H groups in total. The van der Waals surface area contributed by atoms with E-state index in [2.05, 4.69) is 0 Å². The maximum atomic E-state index is 11.9. The van der Waals surface area contributed by atoms with Gasteiger partial charge in [-0.25, -0.2) is 0 Å². The van der Waals surface area contributed by atoms with Crippen LogP contribution in [-0.2, 0) is 9.59 Å². The minimum atomic E-state index is -0.970. The number of hydrogen-bond acceptors (Lipinski definition) is 3. The minimum absolute atomic E-state index is 0.0911. The summed E-state index contributed by atoms with van der Waals surface area (Å²) in [5.74, 6) is -1.28. The fourth-order valence-corrected chi connectivity index (χ4v) is 1.52. The van der Waals surface area contributed by atoms with Gasteiger partial charge in [0.15, 0.2) is 0 Å². The summed E-state index contributed by atoms with van der Waals surface area (Å²) < 4.78 is 0. The first kappa shape index (κ1) is 14.9. The van der Waals surface area contributed by atoms with E-state index in [-0.39, 0.29) is 32.0 Å². The van der Waals surface area contributed by atoms with Crippen LogP contribution >= 0.6 is 0 Å². The zero-order chi connectivity index (χ0) is 14.1. The van der Waals surface area contributed by atoms with Gasteiger partial charge in [0.2, 0.25) is 5.91 Å². The number of hydrogen-bond donors (Lipinski definition) is 2. The fraction of sp³-hybridized carbons (Fsp3) is 0.286. The Morgan fingerprint density at radius 1 is 1.16 bits per heavy atom. The molecule has 0 aliphatic rings. The molecule has 1 aromatic carbocycles. The van der Waals surface area contributed by atoms with Crippen LogP contribution in [-0.4, -0.2) is 46.7 Å². The van der Waals surface area contributed by atoms with Crippen LogP contribution in [0.25, 0.3) is 6.08 Å². The van der Waals surface area contributed by atoms with Gasteiger partial charge >= 0.3 is 5.97 Å². The molecule has 0 saturated carbocycles. The van der Waals surface area contributed by atoms with Gasteiger partial charge in [-0.1, -0.05) is 30.3 Å². The molecular formula is C14H17NO4. The largest absolute Gasteiger partial charge is 0.481 e. The van der Waals surface area contributed by atoms with Crippen LogP contribution in [0.4, 0.5) is 0 Å². The van der Waals surface area contributed by atoms with Crippen molar-refractivity contribution in [2.24, 2.45) is 0 Å². The highest BCUT2D eigenvalue weighted by Crippen LogP contribution is 2.02. The molecule has 1 amide bonds. The summed E-state index contributed by atoms with van der Waals surface area (Å²) in [5.41, 5.74) is 0.887. The van der Waals surface area contributed by atoms with E-state index in [1.165, 1.54) is 11.0 Å². The van der Waals surface area contributed by atoms with Crippen molar-refractivity contribution in [3.63, 3.8) is 0 Å². The Morgan fingerprint density at radius 2 is 1.84 bits per heavy atom. The molecule has 0 unspecified atom stereocenters. The SMILES string of the molecule is O=C(O)CCN(CCO)C(=O)/C=C/c1ccccc1. The molecule has 0 radical (unpaired) electrons. The van der Waals surface area contributed by atoms with Crippen LogP contribution in [0.5, 0.6) is 0 Å². The second kappa shape index (κ2) is 8.05. The second-order valence-electron chi connectivity index (χ2n) is 3.94. The number of aliphatic hydroxyl groups is 1. The number of carboxylic acids is 1. The number of carbonyl (C=O) groups excluding carboxylic acids is 1. The molecule has 0 heterocycles. The van der Waals surface area contributed by atoms with Crippen molar-refractivity contribution in [1.29, 1.82) is 0 Å². The molecular weight excluding hydrogens is 246 g/mol. The molecule has 0 aliphatic heterocycles. The molecule has 0 aromatic heterocycles. The molecule has 0 atom stereocenters. The first-order valence-corrected chi connectivity index (χ1v) is 5.98. The lowest BCUT2D eigenvalue weighted by Gasteiger charge is -2.18. The van der Waals surface area contributed by atoms with E-state index < -0.39 is 5.97 Å². The van der Waals surface area contributed by atoms with E-state index in [1.54, 1.807) is 6.08 Å². The van der Waals surface area contributed by atoms with Crippen LogP contribution in [0.3, 0.4) is 0 Å². The van der Waals surface area contributed by atoms with Crippen LogP contribution in [0.1, 0.15) is 12.0 Å². The summed E-state index contributed by atoms with van der Waals surface area (Å²) in [6, 6.07) is 9.32. The summed E-state index contributed by atoms with van der Waals surface area (Å²) in [4.78, 5) is 23.7. The Morgan fingerprint density at radius 3 is 2.42 bits per heavy atom. The van der Waals surface area contributed by atoms with Crippen molar-refractivity contribution in [1.82, 2.24) is 4.90 Å². The molecule has 5 nitrogen and oxygen atoms in total. The lowest BCUT2D eigenvalue weighted by molar-refractivity contribution is -0.138. The molecule has 1 rings (SSSR count). The molecule has 102 valence electrons. The van der Waals surface area contributed by atoms with Crippen molar-refractivity contribution in [2.45, 2.75) is 6.42 Å². The van der Waals surface area contributed by atoms with Crippen molar-refractivity contribution in [3.05, 3.63) is 42.0 Å². The zero-order valence-electron chi connectivity index (χ0n) is 10.5. The summed E-state index contributed by atoms with van der Waals surface area (Å²) >= 11 is 0. The maximum Gasteiger partial charge on any atom is 0.305 e. The summed E-state index contributed by atoms with van der Waals surface area (Å²) in [5, 5.41) is 17.5. The zero-order valence-corrected chi connectivity index (χ0v) is 10.5. The highest BCUT2D eigenvalue weighted by molar-refractivity contribution is 5.92. The lowest BCUT2D eigenvalue weighted by Crippen LogP contribution is -2.34. The number of carboxylic acid groups (broad SMARTS) is 1. The van der Waals surface area contributed by atoms with Crippen LogP contribution < -0.4 is 0 Å². The molecule has 5 heteroatoms. The third-order valence-corrected chi connectivity index (χ3v) is 2.50. The Balaban J connectivity index is 2.61. The highest BCUT2D eigenvalue weighted by atomic mass is 16.4. The summed E-state index contributed by atoms with van der Waals surface area (Å²) in [6.07, 6.45) is 2.91. The average Bonchev–Trinajstić information content (AvgIpc) is 2.41. The lowest BCUT2D eigenvalue weighted by atomic mass is 10.2. The van der Waals surface area contributed by atoms with E-state index in [4.69, 9.17) is 10.2 Å². The van der Waals surface area contributed by atoms with E-state index in [1.807, 2.05) is 30.3 Å². The van der Waals surface area contributed by atoms with Crippen LogP contribution in [0.15, 0.2) is 36.4 Å². The van der Waals surface area contributed by atoms with E-state index in [0.717, 1.165) is 5.56 Å². The Kier molecular flexibility index (Phi) is 6.32. The van der Waals surface area contributed by atoms with Gasteiger partial charge in [0.05, 0.1) is 13.0 Å². The molecule has 19 heavy (non-hydrogen) atoms. The highest BCUT2D eigenvalue weighted by Gasteiger charge is 2.11. The van der Waals surface area contributed by atoms with Gasteiger partial charge in [-0.3, -0.25) is 9.59 Å². The first-order valence-electron chi connectivity index (χ1n) is 5.98. The molecule has 0 spiro atoms. The number of aliphatic carboxylic acids is 1. The number of nitrogens with zero attached hydrogens (tertiary/aromatic N) is 1. The number of aliphatic hydroxyl groups excluding tert-OH is 1. The predicted octanol–water partition coefficient (Wildman–Crippen LogP) is 0.995.